The molecule has 1 aliphatic carbocycles. The van der Waals surface area contributed by atoms with Crippen LogP contribution in [0, 0.1) is 5.92 Å². The Morgan fingerprint density at radius 1 is 1.24 bits per heavy atom. The lowest BCUT2D eigenvalue weighted by molar-refractivity contribution is -0.153. The molecule has 2 heterocycles. The van der Waals surface area contributed by atoms with E-state index in [2.05, 4.69) is 6.58 Å². The number of carbonyl (C=O) groups is 3. The van der Waals surface area contributed by atoms with Gasteiger partial charge in [0.05, 0.1) is 5.92 Å². The Balaban J connectivity index is 1.91. The lowest BCUT2D eigenvalue weighted by atomic mass is 9.85. The van der Waals surface area contributed by atoms with Gasteiger partial charge in [0.25, 0.3) is 0 Å². The van der Waals surface area contributed by atoms with E-state index in [9.17, 15) is 14.4 Å². The maximum atomic E-state index is 12.6. The van der Waals surface area contributed by atoms with Gasteiger partial charge in [-0.05, 0) is 39.3 Å². The largest absolute Gasteiger partial charge is 0.459 e. The minimum Gasteiger partial charge on any atom is -0.459 e. The van der Waals surface area contributed by atoms with E-state index in [0.717, 1.165) is 11.1 Å². The van der Waals surface area contributed by atoms with E-state index in [4.69, 9.17) is 18.9 Å². The highest BCUT2D eigenvalue weighted by molar-refractivity contribution is 5.91. The van der Waals surface area contributed by atoms with Crippen LogP contribution in [-0.4, -0.2) is 47.9 Å². The van der Waals surface area contributed by atoms with Gasteiger partial charge in [-0.2, -0.15) is 0 Å². The van der Waals surface area contributed by atoms with Crippen molar-refractivity contribution >= 4 is 17.9 Å². The van der Waals surface area contributed by atoms with E-state index in [0.29, 0.717) is 12.8 Å². The summed E-state index contributed by atoms with van der Waals surface area (Å²) in [6.07, 6.45) is 2.30. The average Bonchev–Trinajstić information content (AvgIpc) is 3.16. The molecule has 0 aromatic carbocycles. The molecular formula is C22H28O7. The molecule has 0 bridgehead atoms. The molecule has 2 aliphatic heterocycles. The molecule has 158 valence electrons. The molecule has 0 aromatic rings. The van der Waals surface area contributed by atoms with Crippen LogP contribution in [0.25, 0.3) is 0 Å². The van der Waals surface area contributed by atoms with Crippen LogP contribution in [0.2, 0.25) is 0 Å². The number of hydrogen-bond donors (Lipinski definition) is 0. The first kappa shape index (κ1) is 21.3. The Labute approximate surface area is 170 Å². The smallest absolute Gasteiger partial charge is 0.338 e. The van der Waals surface area contributed by atoms with E-state index < -0.39 is 47.9 Å². The lowest BCUT2D eigenvalue weighted by Crippen LogP contribution is -2.35. The number of carbonyl (C=O) groups excluding carboxylic acids is 3. The summed E-state index contributed by atoms with van der Waals surface area (Å²) >= 11 is 0. The van der Waals surface area contributed by atoms with E-state index >= 15 is 0 Å². The maximum Gasteiger partial charge on any atom is 0.338 e. The van der Waals surface area contributed by atoms with Gasteiger partial charge in [0.15, 0.2) is 6.10 Å². The van der Waals surface area contributed by atoms with Crippen molar-refractivity contribution in [1.82, 2.24) is 0 Å². The molecule has 0 aromatic heterocycles. The molecule has 3 rings (SSSR count). The third-order valence-electron chi connectivity index (χ3n) is 5.59. The van der Waals surface area contributed by atoms with Crippen molar-refractivity contribution in [3.63, 3.8) is 0 Å². The molecule has 0 saturated carbocycles. The number of fused-ring (bicyclic) bond motifs is 1. The number of hydrogen-bond acceptors (Lipinski definition) is 7. The van der Waals surface area contributed by atoms with Crippen LogP contribution in [0.4, 0.5) is 0 Å². The highest BCUT2D eigenvalue weighted by atomic mass is 16.7. The van der Waals surface area contributed by atoms with Crippen LogP contribution in [0.15, 0.2) is 35.5 Å². The molecule has 7 nitrogen and oxygen atoms in total. The summed E-state index contributed by atoms with van der Waals surface area (Å²) in [5.74, 6) is -1.87. The molecule has 2 fully saturated rings. The van der Waals surface area contributed by atoms with Crippen LogP contribution in [0.1, 0.15) is 47.5 Å². The molecule has 0 spiro atoms. The fraction of sp³-hybridized carbons (Fsp3) is 0.591. The van der Waals surface area contributed by atoms with Crippen LogP contribution in [0.5, 0.6) is 0 Å². The highest BCUT2D eigenvalue weighted by Crippen LogP contribution is 2.40. The van der Waals surface area contributed by atoms with E-state index in [1.54, 1.807) is 6.08 Å². The van der Waals surface area contributed by atoms with Crippen LogP contribution >= 0.6 is 0 Å². The van der Waals surface area contributed by atoms with Gasteiger partial charge in [-0.1, -0.05) is 18.2 Å². The summed E-state index contributed by atoms with van der Waals surface area (Å²) in [7, 11) is 0. The van der Waals surface area contributed by atoms with Crippen molar-refractivity contribution < 1.29 is 33.3 Å². The van der Waals surface area contributed by atoms with Gasteiger partial charge >= 0.3 is 17.9 Å². The van der Waals surface area contributed by atoms with Crippen molar-refractivity contribution in [1.29, 1.82) is 0 Å². The van der Waals surface area contributed by atoms with Gasteiger partial charge in [-0.15, -0.1) is 0 Å². The molecule has 0 amide bonds. The van der Waals surface area contributed by atoms with Gasteiger partial charge in [0, 0.05) is 25.3 Å². The SMILES string of the molecule is C=C1C(=O)O[C@H]2/C=C(\C)[C@@H](OC(C)=O)C/C=C(\C)C[C@@H](OC(=O)[C@@H]3OC3(C)C)[C@@H]12. The van der Waals surface area contributed by atoms with Gasteiger partial charge in [-0.3, -0.25) is 4.79 Å². The van der Waals surface area contributed by atoms with Crippen LogP contribution in [0.3, 0.4) is 0 Å². The minimum atomic E-state index is -0.648. The van der Waals surface area contributed by atoms with Gasteiger partial charge in [0.1, 0.15) is 23.9 Å². The second kappa shape index (κ2) is 7.78. The zero-order valence-corrected chi connectivity index (χ0v) is 17.5. The van der Waals surface area contributed by atoms with Crippen LogP contribution in [-0.2, 0) is 33.3 Å². The summed E-state index contributed by atoms with van der Waals surface area (Å²) < 4.78 is 22.1. The normalized spacial score (nSPS) is 37.2. The zero-order valence-electron chi connectivity index (χ0n) is 17.5. The molecule has 29 heavy (non-hydrogen) atoms. The Bertz CT molecular complexity index is 804. The molecule has 3 aliphatic rings. The van der Waals surface area contributed by atoms with Gasteiger partial charge in [-0.25, -0.2) is 9.59 Å². The van der Waals surface area contributed by atoms with Crippen LogP contribution < -0.4 is 0 Å². The molecule has 5 atom stereocenters. The van der Waals surface area contributed by atoms with E-state index in [-0.39, 0.29) is 11.5 Å². The average molecular weight is 404 g/mol. The molecule has 0 unspecified atom stereocenters. The third kappa shape index (κ3) is 4.61. The zero-order chi connectivity index (χ0) is 21.5. The second-order valence-electron chi connectivity index (χ2n) is 8.50. The molecular weight excluding hydrogens is 376 g/mol. The molecule has 0 radical (unpaired) electrons. The topological polar surface area (TPSA) is 91.4 Å². The Morgan fingerprint density at radius 3 is 2.48 bits per heavy atom. The first-order chi connectivity index (χ1) is 13.5. The number of ether oxygens (including phenoxy) is 4. The van der Waals surface area contributed by atoms with Gasteiger partial charge in [0.2, 0.25) is 0 Å². The Morgan fingerprint density at radius 2 is 1.90 bits per heavy atom. The highest BCUT2D eigenvalue weighted by Gasteiger charge is 2.55. The fourth-order valence-electron chi connectivity index (χ4n) is 3.84. The number of esters is 3. The fourth-order valence-corrected chi connectivity index (χ4v) is 3.84. The maximum absolute atomic E-state index is 12.6. The predicted octanol–water partition coefficient (Wildman–Crippen LogP) is 2.79. The summed E-state index contributed by atoms with van der Waals surface area (Å²) in [4.78, 5) is 36.3. The summed E-state index contributed by atoms with van der Waals surface area (Å²) in [5, 5.41) is 0. The van der Waals surface area contributed by atoms with E-state index in [1.165, 1.54) is 6.92 Å². The van der Waals surface area contributed by atoms with Crippen molar-refractivity contribution in [2.24, 2.45) is 5.92 Å². The second-order valence-corrected chi connectivity index (χ2v) is 8.50. The summed E-state index contributed by atoms with van der Waals surface area (Å²) in [6, 6.07) is 0. The molecule has 2 saturated heterocycles. The van der Waals surface area contributed by atoms with Crippen molar-refractivity contribution in [2.75, 3.05) is 0 Å². The van der Waals surface area contributed by atoms with Gasteiger partial charge < -0.3 is 18.9 Å². The standard InChI is InChI=1S/C22H28O7/c1-11-7-8-15(26-14(4)23)12(2)10-17-18(13(3)20(24)27-17)16(9-11)28-21(25)19-22(5,6)29-19/h7,10,15-19H,3,8-9H2,1-2,4-6H3/b11-7+,12-10+/t15-,16+,17-,18+,19-/m0/s1. The minimum absolute atomic E-state index is 0.269. The number of rotatable bonds is 3. The van der Waals surface area contributed by atoms with Crippen molar-refractivity contribution in [2.45, 2.75) is 77.5 Å². The summed E-state index contributed by atoms with van der Waals surface area (Å²) in [5.41, 5.74) is 1.45. The van der Waals surface area contributed by atoms with Crippen molar-refractivity contribution in [3.05, 3.63) is 35.5 Å². The third-order valence-corrected chi connectivity index (χ3v) is 5.59. The first-order valence-corrected chi connectivity index (χ1v) is 9.79. The first-order valence-electron chi connectivity index (χ1n) is 9.79. The predicted molar refractivity (Wildman–Crippen MR) is 104 cm³/mol. The quantitative estimate of drug-likeness (QED) is 0.235. The monoisotopic (exact) mass is 404 g/mol. The Hall–Kier alpha value is -2.41. The van der Waals surface area contributed by atoms with Crippen molar-refractivity contribution in [3.8, 4) is 0 Å². The molecule has 7 heteroatoms. The lowest BCUT2D eigenvalue weighted by Gasteiger charge is -2.28. The Kier molecular flexibility index (Phi) is 5.72. The molecule has 0 N–H and O–H groups in total. The van der Waals surface area contributed by atoms with E-state index in [1.807, 2.05) is 33.8 Å². The number of epoxide rings is 1. The summed E-state index contributed by atoms with van der Waals surface area (Å²) in [6.45, 7) is 12.6.